The number of aromatic nitrogens is 1. The number of nitrogens with two attached hydrogens (primary N) is 1. The molecular weight excluding hydrogens is 254 g/mol. The lowest BCUT2D eigenvalue weighted by molar-refractivity contribution is 0.887. The van der Waals surface area contributed by atoms with Crippen LogP contribution in [0.5, 0.6) is 0 Å². The van der Waals surface area contributed by atoms with Crippen molar-refractivity contribution in [3.63, 3.8) is 0 Å². The van der Waals surface area contributed by atoms with Gasteiger partial charge in [-0.25, -0.2) is 4.98 Å². The molecule has 1 aromatic carbocycles. The van der Waals surface area contributed by atoms with Crippen molar-refractivity contribution in [2.24, 2.45) is 5.73 Å². The molecule has 102 valence electrons. The molecule has 0 amide bonds. The molecular formula is C15H21N3S. The Morgan fingerprint density at radius 2 is 1.84 bits per heavy atom. The van der Waals surface area contributed by atoms with Crippen LogP contribution < -0.4 is 10.6 Å². The molecule has 4 heteroatoms. The standard InChI is InChI=1S/C15H21N3S/c1-10(2)15-14(17-13(9-16)19-15)11-5-7-12(8-6-11)18(3)4/h5-8,10H,9,16H2,1-4H3. The summed E-state index contributed by atoms with van der Waals surface area (Å²) in [5.74, 6) is 0.473. The Bertz CT molecular complexity index is 541. The molecule has 2 aromatic rings. The zero-order valence-corrected chi connectivity index (χ0v) is 12.8. The van der Waals surface area contributed by atoms with Gasteiger partial charge in [-0.05, 0) is 18.1 Å². The largest absolute Gasteiger partial charge is 0.378 e. The fraction of sp³-hybridized carbons (Fsp3) is 0.400. The van der Waals surface area contributed by atoms with E-state index in [0.29, 0.717) is 12.5 Å². The molecule has 1 heterocycles. The summed E-state index contributed by atoms with van der Waals surface area (Å²) < 4.78 is 0. The SMILES string of the molecule is CC(C)c1sc(CN)nc1-c1ccc(N(C)C)cc1. The molecule has 2 N–H and O–H groups in total. The average Bonchev–Trinajstić information content (AvgIpc) is 2.83. The molecule has 0 bridgehead atoms. The van der Waals surface area contributed by atoms with Crippen molar-refractivity contribution in [3.8, 4) is 11.3 Å². The Kier molecular flexibility index (Phi) is 4.22. The molecule has 2 rings (SSSR count). The Morgan fingerprint density at radius 3 is 2.32 bits per heavy atom. The molecule has 0 spiro atoms. The quantitative estimate of drug-likeness (QED) is 0.929. The molecule has 0 radical (unpaired) electrons. The van der Waals surface area contributed by atoms with Gasteiger partial charge in [0, 0.05) is 36.8 Å². The third-order valence-electron chi connectivity index (χ3n) is 3.05. The summed E-state index contributed by atoms with van der Waals surface area (Å²) in [6, 6.07) is 8.52. The first-order valence-corrected chi connectivity index (χ1v) is 7.32. The number of anilines is 1. The van der Waals surface area contributed by atoms with Crippen molar-refractivity contribution >= 4 is 17.0 Å². The minimum Gasteiger partial charge on any atom is -0.378 e. The maximum absolute atomic E-state index is 5.72. The molecule has 0 aliphatic heterocycles. The molecule has 0 aliphatic rings. The average molecular weight is 275 g/mol. The number of benzene rings is 1. The molecule has 0 aliphatic carbocycles. The first-order chi connectivity index (χ1) is 9.02. The Balaban J connectivity index is 2.42. The van der Waals surface area contributed by atoms with Crippen molar-refractivity contribution < 1.29 is 0 Å². The fourth-order valence-electron chi connectivity index (χ4n) is 1.98. The van der Waals surface area contributed by atoms with Crippen LogP contribution in [-0.4, -0.2) is 19.1 Å². The van der Waals surface area contributed by atoms with E-state index in [1.54, 1.807) is 11.3 Å². The van der Waals surface area contributed by atoms with Crippen LogP contribution in [0.15, 0.2) is 24.3 Å². The molecule has 0 saturated carbocycles. The van der Waals surface area contributed by atoms with Crippen LogP contribution in [0.2, 0.25) is 0 Å². The minimum absolute atomic E-state index is 0.473. The highest BCUT2D eigenvalue weighted by atomic mass is 32.1. The van der Waals surface area contributed by atoms with Crippen LogP contribution >= 0.6 is 11.3 Å². The second kappa shape index (κ2) is 5.72. The van der Waals surface area contributed by atoms with E-state index in [1.165, 1.54) is 16.1 Å². The van der Waals surface area contributed by atoms with Crippen molar-refractivity contribution in [1.29, 1.82) is 0 Å². The smallest absolute Gasteiger partial charge is 0.107 e. The lowest BCUT2D eigenvalue weighted by atomic mass is 10.1. The summed E-state index contributed by atoms with van der Waals surface area (Å²) in [6.07, 6.45) is 0. The molecule has 19 heavy (non-hydrogen) atoms. The number of nitrogens with zero attached hydrogens (tertiary/aromatic N) is 2. The Morgan fingerprint density at radius 1 is 1.21 bits per heavy atom. The van der Waals surface area contributed by atoms with Gasteiger partial charge in [0.15, 0.2) is 0 Å². The van der Waals surface area contributed by atoms with Crippen molar-refractivity contribution in [2.75, 3.05) is 19.0 Å². The zero-order chi connectivity index (χ0) is 14.0. The minimum atomic E-state index is 0.473. The van der Waals surface area contributed by atoms with Crippen LogP contribution in [-0.2, 0) is 6.54 Å². The van der Waals surface area contributed by atoms with E-state index in [4.69, 9.17) is 5.73 Å². The van der Waals surface area contributed by atoms with Gasteiger partial charge in [-0.3, -0.25) is 0 Å². The predicted octanol–water partition coefficient (Wildman–Crippen LogP) is 3.46. The zero-order valence-electron chi connectivity index (χ0n) is 12.0. The van der Waals surface area contributed by atoms with Crippen LogP contribution in [0.3, 0.4) is 0 Å². The summed E-state index contributed by atoms with van der Waals surface area (Å²) in [5.41, 5.74) is 9.17. The normalized spacial score (nSPS) is 11.1. The monoisotopic (exact) mass is 275 g/mol. The van der Waals surface area contributed by atoms with Crippen molar-refractivity contribution in [3.05, 3.63) is 34.2 Å². The first kappa shape index (κ1) is 14.0. The summed E-state index contributed by atoms with van der Waals surface area (Å²) in [4.78, 5) is 8.09. The summed E-state index contributed by atoms with van der Waals surface area (Å²) in [7, 11) is 4.09. The Labute approximate surface area is 119 Å². The predicted molar refractivity (Wildman–Crippen MR) is 83.9 cm³/mol. The van der Waals surface area contributed by atoms with Gasteiger partial charge in [-0.15, -0.1) is 11.3 Å². The first-order valence-electron chi connectivity index (χ1n) is 6.50. The van der Waals surface area contributed by atoms with E-state index in [0.717, 1.165) is 10.7 Å². The van der Waals surface area contributed by atoms with Crippen LogP contribution in [0.4, 0.5) is 5.69 Å². The van der Waals surface area contributed by atoms with Gasteiger partial charge in [0.05, 0.1) is 5.69 Å². The van der Waals surface area contributed by atoms with Crippen LogP contribution in [0.1, 0.15) is 29.7 Å². The highest BCUT2D eigenvalue weighted by Crippen LogP contribution is 2.34. The van der Waals surface area contributed by atoms with Gasteiger partial charge >= 0.3 is 0 Å². The van der Waals surface area contributed by atoms with Gasteiger partial charge in [-0.2, -0.15) is 0 Å². The summed E-state index contributed by atoms with van der Waals surface area (Å²) in [6.45, 7) is 4.91. The maximum Gasteiger partial charge on any atom is 0.107 e. The molecule has 0 saturated heterocycles. The lowest BCUT2D eigenvalue weighted by Crippen LogP contribution is -2.07. The van der Waals surface area contributed by atoms with Crippen LogP contribution in [0, 0.1) is 0 Å². The second-order valence-electron chi connectivity index (χ2n) is 5.12. The molecule has 0 atom stereocenters. The topological polar surface area (TPSA) is 42.1 Å². The van der Waals surface area contributed by atoms with E-state index in [1.807, 2.05) is 14.1 Å². The van der Waals surface area contributed by atoms with E-state index in [-0.39, 0.29) is 0 Å². The van der Waals surface area contributed by atoms with Gasteiger partial charge in [0.2, 0.25) is 0 Å². The third kappa shape index (κ3) is 2.96. The van der Waals surface area contributed by atoms with E-state index in [9.17, 15) is 0 Å². The lowest BCUT2D eigenvalue weighted by Gasteiger charge is -2.13. The second-order valence-corrected chi connectivity index (χ2v) is 6.24. The van der Waals surface area contributed by atoms with Crippen molar-refractivity contribution in [1.82, 2.24) is 4.98 Å². The maximum atomic E-state index is 5.72. The van der Waals surface area contributed by atoms with Gasteiger partial charge in [-0.1, -0.05) is 26.0 Å². The molecule has 1 aromatic heterocycles. The number of hydrogen-bond acceptors (Lipinski definition) is 4. The third-order valence-corrected chi connectivity index (χ3v) is 4.43. The van der Waals surface area contributed by atoms with Gasteiger partial charge in [0.25, 0.3) is 0 Å². The number of rotatable bonds is 4. The number of hydrogen-bond donors (Lipinski definition) is 1. The van der Waals surface area contributed by atoms with Gasteiger partial charge < -0.3 is 10.6 Å². The molecule has 0 fully saturated rings. The molecule has 0 unspecified atom stereocenters. The Hall–Kier alpha value is -1.39. The highest BCUT2D eigenvalue weighted by molar-refractivity contribution is 7.12. The molecule has 3 nitrogen and oxygen atoms in total. The number of thiazole rings is 1. The fourth-order valence-corrected chi connectivity index (χ4v) is 2.95. The van der Waals surface area contributed by atoms with Gasteiger partial charge in [0.1, 0.15) is 5.01 Å². The summed E-state index contributed by atoms with van der Waals surface area (Å²) in [5, 5.41) is 1.01. The van der Waals surface area contributed by atoms with Crippen molar-refractivity contribution in [2.45, 2.75) is 26.3 Å². The highest BCUT2D eigenvalue weighted by Gasteiger charge is 2.15. The van der Waals surface area contributed by atoms with E-state index in [2.05, 4.69) is 48.0 Å². The summed E-state index contributed by atoms with van der Waals surface area (Å²) >= 11 is 1.73. The van der Waals surface area contributed by atoms with E-state index >= 15 is 0 Å². The van der Waals surface area contributed by atoms with E-state index < -0.39 is 0 Å². The van der Waals surface area contributed by atoms with Crippen LogP contribution in [0.25, 0.3) is 11.3 Å².